The number of hydrogen-bond acceptors (Lipinski definition) is 3. The van der Waals surface area contributed by atoms with Crippen LogP contribution in [-0.4, -0.2) is 5.11 Å². The van der Waals surface area contributed by atoms with Gasteiger partial charge in [0.1, 0.15) is 5.60 Å². The third kappa shape index (κ3) is 0.975. The molecule has 2 aromatic heterocycles. The number of rotatable bonds is 0. The lowest BCUT2D eigenvalue weighted by molar-refractivity contribution is 0.106. The zero-order chi connectivity index (χ0) is 9.76. The highest BCUT2D eigenvalue weighted by Gasteiger charge is 2.36. The first-order valence-corrected chi connectivity index (χ1v) is 6.31. The molecule has 0 saturated carbocycles. The first-order valence-electron chi connectivity index (χ1n) is 4.55. The van der Waals surface area contributed by atoms with Gasteiger partial charge in [-0.1, -0.05) is 0 Å². The lowest BCUT2D eigenvalue weighted by Crippen LogP contribution is -2.26. The molecule has 0 fully saturated rings. The summed E-state index contributed by atoms with van der Waals surface area (Å²) in [6.07, 6.45) is 0.980. The standard InChI is InChI=1S/C11H10OS2/c1-11(12)9-7(2-4-13-9)6-8-3-5-14-10(8)11/h2-5,12H,6H2,1H3. The molecular formula is C11H10OS2. The molecule has 0 unspecified atom stereocenters. The van der Waals surface area contributed by atoms with Crippen LogP contribution >= 0.6 is 22.7 Å². The number of aliphatic hydroxyl groups is 1. The van der Waals surface area contributed by atoms with Gasteiger partial charge in [-0.15, -0.1) is 22.7 Å². The van der Waals surface area contributed by atoms with Crippen molar-refractivity contribution in [1.82, 2.24) is 0 Å². The minimum Gasteiger partial charge on any atom is -0.379 e. The van der Waals surface area contributed by atoms with Gasteiger partial charge >= 0.3 is 0 Å². The van der Waals surface area contributed by atoms with Crippen LogP contribution in [0, 0.1) is 0 Å². The fourth-order valence-corrected chi connectivity index (χ4v) is 4.16. The van der Waals surface area contributed by atoms with Gasteiger partial charge in [-0.3, -0.25) is 0 Å². The van der Waals surface area contributed by atoms with Crippen LogP contribution in [0.1, 0.15) is 27.8 Å². The van der Waals surface area contributed by atoms with Crippen LogP contribution in [0.2, 0.25) is 0 Å². The molecule has 0 amide bonds. The summed E-state index contributed by atoms with van der Waals surface area (Å²) in [6.45, 7) is 1.90. The molecule has 2 aromatic rings. The Morgan fingerprint density at radius 2 is 1.64 bits per heavy atom. The molecule has 1 nitrogen and oxygen atoms in total. The molecule has 72 valence electrons. The predicted octanol–water partition coefficient (Wildman–Crippen LogP) is 2.97. The van der Waals surface area contributed by atoms with Crippen LogP contribution in [0.15, 0.2) is 22.9 Å². The SMILES string of the molecule is CC1(O)c2sccc2Cc2ccsc21. The fourth-order valence-electron chi connectivity index (χ4n) is 2.11. The van der Waals surface area contributed by atoms with Crippen molar-refractivity contribution in [1.29, 1.82) is 0 Å². The average Bonchev–Trinajstić information content (AvgIpc) is 2.71. The molecule has 0 aromatic carbocycles. The van der Waals surface area contributed by atoms with Crippen molar-refractivity contribution in [2.75, 3.05) is 0 Å². The summed E-state index contributed by atoms with van der Waals surface area (Å²) in [4.78, 5) is 2.24. The van der Waals surface area contributed by atoms with E-state index in [0.717, 1.165) is 16.2 Å². The molecule has 3 rings (SSSR count). The molecule has 3 heteroatoms. The fraction of sp³-hybridized carbons (Fsp3) is 0.273. The van der Waals surface area contributed by atoms with Crippen molar-refractivity contribution >= 4 is 22.7 Å². The van der Waals surface area contributed by atoms with E-state index in [2.05, 4.69) is 22.9 Å². The van der Waals surface area contributed by atoms with Gasteiger partial charge in [-0.05, 0) is 47.4 Å². The second kappa shape index (κ2) is 2.69. The highest BCUT2D eigenvalue weighted by Crippen LogP contribution is 2.44. The van der Waals surface area contributed by atoms with Crippen LogP contribution in [0.4, 0.5) is 0 Å². The van der Waals surface area contributed by atoms with E-state index in [1.807, 2.05) is 6.92 Å². The van der Waals surface area contributed by atoms with E-state index in [1.54, 1.807) is 22.7 Å². The molecule has 0 aliphatic heterocycles. The highest BCUT2D eigenvalue weighted by atomic mass is 32.1. The summed E-state index contributed by atoms with van der Waals surface area (Å²) in [5, 5.41) is 14.6. The van der Waals surface area contributed by atoms with E-state index in [9.17, 15) is 5.11 Å². The van der Waals surface area contributed by atoms with Gasteiger partial charge < -0.3 is 5.11 Å². The lowest BCUT2D eigenvalue weighted by atomic mass is 9.87. The molecule has 0 atom stereocenters. The third-order valence-corrected chi connectivity index (χ3v) is 5.09. The monoisotopic (exact) mass is 222 g/mol. The van der Waals surface area contributed by atoms with E-state index in [4.69, 9.17) is 0 Å². The second-order valence-corrected chi connectivity index (χ2v) is 5.63. The summed E-state index contributed by atoms with van der Waals surface area (Å²) in [7, 11) is 0. The summed E-state index contributed by atoms with van der Waals surface area (Å²) >= 11 is 3.31. The molecule has 1 aliphatic rings. The third-order valence-electron chi connectivity index (χ3n) is 2.76. The molecule has 1 N–H and O–H groups in total. The Morgan fingerprint density at radius 1 is 1.14 bits per heavy atom. The van der Waals surface area contributed by atoms with E-state index >= 15 is 0 Å². The van der Waals surface area contributed by atoms with Crippen LogP contribution in [-0.2, 0) is 12.0 Å². The normalized spacial score (nSPS) is 17.6. The first kappa shape index (κ1) is 8.65. The lowest BCUT2D eigenvalue weighted by Gasteiger charge is -2.28. The Labute approximate surface area is 90.7 Å². The zero-order valence-electron chi connectivity index (χ0n) is 7.78. The maximum absolute atomic E-state index is 10.5. The smallest absolute Gasteiger partial charge is 0.131 e. The maximum atomic E-state index is 10.5. The van der Waals surface area contributed by atoms with Crippen LogP contribution in [0.3, 0.4) is 0 Å². The van der Waals surface area contributed by atoms with Crippen molar-refractivity contribution in [2.45, 2.75) is 18.9 Å². The van der Waals surface area contributed by atoms with E-state index in [1.165, 1.54) is 11.1 Å². The quantitative estimate of drug-likeness (QED) is 0.726. The number of hydrogen-bond donors (Lipinski definition) is 1. The second-order valence-electron chi connectivity index (χ2n) is 3.80. The molecule has 2 heterocycles. The summed E-state index contributed by atoms with van der Waals surface area (Å²) in [6, 6.07) is 4.24. The van der Waals surface area contributed by atoms with Crippen LogP contribution < -0.4 is 0 Å². The molecule has 0 radical (unpaired) electrons. The molecule has 1 aliphatic carbocycles. The van der Waals surface area contributed by atoms with Gasteiger partial charge in [0.15, 0.2) is 0 Å². The topological polar surface area (TPSA) is 20.2 Å². The number of thiophene rings is 2. The Kier molecular flexibility index (Phi) is 1.66. The number of fused-ring (bicyclic) bond motifs is 2. The first-order chi connectivity index (χ1) is 6.69. The summed E-state index contributed by atoms with van der Waals surface area (Å²) in [5.41, 5.74) is 1.81. The molecule has 14 heavy (non-hydrogen) atoms. The summed E-state index contributed by atoms with van der Waals surface area (Å²) in [5.74, 6) is 0. The van der Waals surface area contributed by atoms with E-state index < -0.39 is 5.60 Å². The van der Waals surface area contributed by atoms with E-state index in [0.29, 0.717) is 0 Å². The minimum absolute atomic E-state index is 0.759. The van der Waals surface area contributed by atoms with Crippen molar-refractivity contribution in [2.24, 2.45) is 0 Å². The Hall–Kier alpha value is -0.640. The Bertz CT molecular complexity index is 437. The minimum atomic E-state index is -0.759. The predicted molar refractivity (Wildman–Crippen MR) is 60.1 cm³/mol. The van der Waals surface area contributed by atoms with Crippen molar-refractivity contribution in [3.63, 3.8) is 0 Å². The molecule has 0 saturated heterocycles. The molecule has 0 bridgehead atoms. The van der Waals surface area contributed by atoms with Gasteiger partial charge in [0.2, 0.25) is 0 Å². The van der Waals surface area contributed by atoms with Crippen molar-refractivity contribution in [3.05, 3.63) is 43.8 Å². The summed E-state index contributed by atoms with van der Waals surface area (Å²) < 4.78 is 0. The zero-order valence-corrected chi connectivity index (χ0v) is 9.41. The van der Waals surface area contributed by atoms with Crippen LogP contribution in [0.5, 0.6) is 0 Å². The largest absolute Gasteiger partial charge is 0.379 e. The van der Waals surface area contributed by atoms with Gasteiger partial charge in [-0.25, -0.2) is 0 Å². The molecular weight excluding hydrogens is 212 g/mol. The van der Waals surface area contributed by atoms with Gasteiger partial charge in [0, 0.05) is 9.75 Å². The Morgan fingerprint density at radius 3 is 2.14 bits per heavy atom. The van der Waals surface area contributed by atoms with Gasteiger partial charge in [-0.2, -0.15) is 0 Å². The van der Waals surface area contributed by atoms with E-state index in [-0.39, 0.29) is 0 Å². The molecule has 0 spiro atoms. The van der Waals surface area contributed by atoms with Crippen molar-refractivity contribution in [3.8, 4) is 0 Å². The van der Waals surface area contributed by atoms with Crippen LogP contribution in [0.25, 0.3) is 0 Å². The average molecular weight is 222 g/mol. The highest BCUT2D eigenvalue weighted by molar-refractivity contribution is 7.12. The van der Waals surface area contributed by atoms with Gasteiger partial charge in [0.05, 0.1) is 0 Å². The van der Waals surface area contributed by atoms with Gasteiger partial charge in [0.25, 0.3) is 0 Å². The maximum Gasteiger partial charge on any atom is 0.131 e. The van der Waals surface area contributed by atoms with Crippen molar-refractivity contribution < 1.29 is 5.11 Å². The Balaban J connectivity index is 2.29.